The van der Waals surface area contributed by atoms with Crippen LogP contribution in [0.15, 0.2) is 18.2 Å². The maximum atomic E-state index is 9.28. The Kier molecular flexibility index (Phi) is 5.23. The van der Waals surface area contributed by atoms with E-state index in [0.29, 0.717) is 6.04 Å². The van der Waals surface area contributed by atoms with E-state index in [2.05, 4.69) is 42.3 Å². The van der Waals surface area contributed by atoms with E-state index in [-0.39, 0.29) is 6.61 Å². The van der Waals surface area contributed by atoms with Gasteiger partial charge in [-0.1, -0.05) is 24.6 Å². The maximum Gasteiger partial charge on any atom is 0.0606 e. The lowest BCUT2D eigenvalue weighted by Crippen LogP contribution is -2.30. The Morgan fingerprint density at radius 3 is 2.79 bits per heavy atom. The average Bonchev–Trinajstić information content (AvgIpc) is 3.21. The Balaban J connectivity index is 2.16. The molecule has 1 aromatic carbocycles. The van der Waals surface area contributed by atoms with Crippen LogP contribution in [0.25, 0.3) is 0 Å². The lowest BCUT2D eigenvalue weighted by molar-refractivity contribution is 0.301. The number of hydrogen-bond acceptors (Lipinski definition) is 3. The number of aryl methyl sites for hydroxylation is 1. The first kappa shape index (κ1) is 14.4. The fourth-order valence-electron chi connectivity index (χ4n) is 2.53. The molecule has 1 aliphatic rings. The third kappa shape index (κ3) is 3.95. The summed E-state index contributed by atoms with van der Waals surface area (Å²) >= 11 is 0. The predicted molar refractivity (Wildman–Crippen MR) is 80.6 cm³/mol. The van der Waals surface area contributed by atoms with Crippen LogP contribution in [0.4, 0.5) is 5.69 Å². The van der Waals surface area contributed by atoms with Crippen molar-refractivity contribution in [2.24, 2.45) is 0 Å². The summed E-state index contributed by atoms with van der Waals surface area (Å²) in [5.41, 5.74) is 3.95. The highest BCUT2D eigenvalue weighted by Gasteiger charge is 2.29. The highest BCUT2D eigenvalue weighted by molar-refractivity contribution is 5.56. The number of nitrogens with zero attached hydrogens (tertiary/aromatic N) is 1. The second-order valence-electron chi connectivity index (χ2n) is 5.46. The highest BCUT2D eigenvalue weighted by Crippen LogP contribution is 2.33. The van der Waals surface area contributed by atoms with E-state index < -0.39 is 0 Å². The maximum absolute atomic E-state index is 9.28. The summed E-state index contributed by atoms with van der Waals surface area (Å²) in [6.45, 7) is 7.27. The molecule has 0 spiro atoms. The zero-order valence-corrected chi connectivity index (χ0v) is 12.2. The van der Waals surface area contributed by atoms with Gasteiger partial charge in [-0.05, 0) is 44.4 Å². The molecule has 0 amide bonds. The first-order chi connectivity index (χ1) is 9.26. The molecule has 1 aromatic rings. The normalized spacial score (nSPS) is 14.7. The molecule has 0 heterocycles. The van der Waals surface area contributed by atoms with Gasteiger partial charge in [0, 0.05) is 24.8 Å². The van der Waals surface area contributed by atoms with E-state index in [4.69, 9.17) is 0 Å². The van der Waals surface area contributed by atoms with Crippen LogP contribution in [0, 0.1) is 6.92 Å². The van der Waals surface area contributed by atoms with Gasteiger partial charge in [0.25, 0.3) is 0 Å². The third-order valence-corrected chi connectivity index (χ3v) is 3.62. The largest absolute Gasteiger partial charge is 0.395 e. The first-order valence-corrected chi connectivity index (χ1v) is 7.44. The Labute approximate surface area is 116 Å². The number of nitrogens with one attached hydrogen (secondary N) is 1. The molecular weight excluding hydrogens is 236 g/mol. The molecule has 0 aromatic heterocycles. The molecule has 0 radical (unpaired) electrons. The average molecular weight is 262 g/mol. The molecule has 0 bridgehead atoms. The van der Waals surface area contributed by atoms with Crippen molar-refractivity contribution in [3.63, 3.8) is 0 Å². The first-order valence-electron chi connectivity index (χ1n) is 7.44. The van der Waals surface area contributed by atoms with Crippen molar-refractivity contribution in [2.45, 2.75) is 45.7 Å². The molecule has 106 valence electrons. The second-order valence-corrected chi connectivity index (χ2v) is 5.46. The standard InChI is InChI=1S/C16H26N2O/c1-3-8-17-12-14-11-13(2)4-7-16(14)18(9-10-19)15-5-6-15/h4,7,11,15,17,19H,3,5-6,8-10,12H2,1-2H3. The van der Waals surface area contributed by atoms with E-state index in [9.17, 15) is 5.11 Å². The van der Waals surface area contributed by atoms with Crippen molar-refractivity contribution in [3.8, 4) is 0 Å². The second kappa shape index (κ2) is 6.92. The summed E-state index contributed by atoms with van der Waals surface area (Å²) in [5.74, 6) is 0. The van der Waals surface area contributed by atoms with Crippen LogP contribution >= 0.6 is 0 Å². The van der Waals surface area contributed by atoms with Gasteiger partial charge in [0.05, 0.1) is 6.61 Å². The topological polar surface area (TPSA) is 35.5 Å². The quantitative estimate of drug-likeness (QED) is 0.706. The van der Waals surface area contributed by atoms with Gasteiger partial charge in [0.15, 0.2) is 0 Å². The fraction of sp³-hybridized carbons (Fsp3) is 0.625. The Hall–Kier alpha value is -1.06. The van der Waals surface area contributed by atoms with Crippen molar-refractivity contribution >= 4 is 5.69 Å². The monoisotopic (exact) mass is 262 g/mol. The van der Waals surface area contributed by atoms with E-state index in [1.165, 1.54) is 29.7 Å². The molecule has 3 heteroatoms. The molecule has 0 saturated heterocycles. The van der Waals surface area contributed by atoms with Gasteiger partial charge in [0.2, 0.25) is 0 Å². The van der Waals surface area contributed by atoms with Gasteiger partial charge < -0.3 is 15.3 Å². The Bertz CT molecular complexity index is 402. The van der Waals surface area contributed by atoms with Crippen LogP contribution in [0.3, 0.4) is 0 Å². The van der Waals surface area contributed by atoms with Gasteiger partial charge in [-0.15, -0.1) is 0 Å². The zero-order valence-electron chi connectivity index (χ0n) is 12.2. The Morgan fingerprint density at radius 1 is 1.37 bits per heavy atom. The summed E-state index contributed by atoms with van der Waals surface area (Å²) < 4.78 is 0. The number of aliphatic hydroxyl groups excluding tert-OH is 1. The number of hydrogen-bond donors (Lipinski definition) is 2. The highest BCUT2D eigenvalue weighted by atomic mass is 16.3. The van der Waals surface area contributed by atoms with E-state index in [1.54, 1.807) is 0 Å². The minimum Gasteiger partial charge on any atom is -0.395 e. The zero-order chi connectivity index (χ0) is 13.7. The molecule has 19 heavy (non-hydrogen) atoms. The van der Waals surface area contributed by atoms with Crippen molar-refractivity contribution in [1.29, 1.82) is 0 Å². The lowest BCUT2D eigenvalue weighted by atomic mass is 10.1. The molecule has 0 atom stereocenters. The van der Waals surface area contributed by atoms with E-state index in [0.717, 1.165) is 26.1 Å². The fourth-order valence-corrected chi connectivity index (χ4v) is 2.53. The van der Waals surface area contributed by atoms with Crippen LogP contribution in [0.2, 0.25) is 0 Å². The minimum absolute atomic E-state index is 0.228. The van der Waals surface area contributed by atoms with Crippen molar-refractivity contribution < 1.29 is 5.11 Å². The van der Waals surface area contributed by atoms with Crippen molar-refractivity contribution in [3.05, 3.63) is 29.3 Å². The van der Waals surface area contributed by atoms with Gasteiger partial charge >= 0.3 is 0 Å². The summed E-state index contributed by atoms with van der Waals surface area (Å²) in [6.07, 6.45) is 3.68. The summed E-state index contributed by atoms with van der Waals surface area (Å²) in [7, 11) is 0. The van der Waals surface area contributed by atoms with Gasteiger partial charge in [-0.3, -0.25) is 0 Å². The van der Waals surface area contributed by atoms with Crippen molar-refractivity contribution in [1.82, 2.24) is 5.32 Å². The van der Waals surface area contributed by atoms with Crippen LogP contribution < -0.4 is 10.2 Å². The molecule has 0 unspecified atom stereocenters. The van der Waals surface area contributed by atoms with Crippen LogP contribution in [0.5, 0.6) is 0 Å². The third-order valence-electron chi connectivity index (χ3n) is 3.62. The lowest BCUT2D eigenvalue weighted by Gasteiger charge is -2.27. The molecule has 0 aliphatic heterocycles. The van der Waals surface area contributed by atoms with Gasteiger partial charge in [0.1, 0.15) is 0 Å². The molecule has 1 saturated carbocycles. The number of aliphatic hydroxyl groups is 1. The summed E-state index contributed by atoms with van der Waals surface area (Å²) in [6, 6.07) is 7.29. The van der Waals surface area contributed by atoms with Gasteiger partial charge in [-0.25, -0.2) is 0 Å². The summed E-state index contributed by atoms with van der Waals surface area (Å²) in [4.78, 5) is 2.38. The van der Waals surface area contributed by atoms with Gasteiger partial charge in [-0.2, -0.15) is 0 Å². The smallest absolute Gasteiger partial charge is 0.0606 e. The molecule has 3 nitrogen and oxygen atoms in total. The molecule has 2 N–H and O–H groups in total. The number of rotatable bonds is 8. The van der Waals surface area contributed by atoms with Crippen LogP contribution in [-0.2, 0) is 6.54 Å². The number of anilines is 1. The number of benzene rings is 1. The molecule has 1 fully saturated rings. The molecule has 1 aliphatic carbocycles. The predicted octanol–water partition coefficient (Wildman–Crippen LogP) is 2.46. The molecule has 2 rings (SSSR count). The van der Waals surface area contributed by atoms with Crippen LogP contribution in [0.1, 0.15) is 37.3 Å². The summed E-state index contributed by atoms with van der Waals surface area (Å²) in [5, 5.41) is 12.8. The minimum atomic E-state index is 0.228. The Morgan fingerprint density at radius 2 is 2.16 bits per heavy atom. The van der Waals surface area contributed by atoms with Crippen LogP contribution in [-0.4, -0.2) is 30.8 Å². The van der Waals surface area contributed by atoms with E-state index >= 15 is 0 Å². The van der Waals surface area contributed by atoms with E-state index in [1.807, 2.05) is 0 Å². The van der Waals surface area contributed by atoms with Crippen molar-refractivity contribution in [2.75, 3.05) is 24.6 Å². The molecular formula is C16H26N2O. The SMILES string of the molecule is CCCNCc1cc(C)ccc1N(CCO)C1CC1.